The predicted octanol–water partition coefficient (Wildman–Crippen LogP) is 3.27. The van der Waals surface area contributed by atoms with Gasteiger partial charge in [-0.05, 0) is 17.9 Å². The second kappa shape index (κ2) is 6.43. The number of nitrogens with one attached hydrogen (secondary N) is 1. The molecule has 1 N–H and O–H groups in total. The van der Waals surface area contributed by atoms with Gasteiger partial charge in [-0.2, -0.15) is 0 Å². The molecule has 1 atom stereocenters. The van der Waals surface area contributed by atoms with E-state index in [0.717, 1.165) is 36.8 Å². The smallest absolute Gasteiger partial charge is 0.112 e. The Bertz CT molecular complexity index is 343. The van der Waals surface area contributed by atoms with Crippen molar-refractivity contribution in [2.75, 3.05) is 19.6 Å². The van der Waals surface area contributed by atoms with Crippen LogP contribution in [0.3, 0.4) is 0 Å². The summed E-state index contributed by atoms with van der Waals surface area (Å²) in [6, 6.07) is 0.563. The highest BCUT2D eigenvalue weighted by atomic mass is 35.5. The molecule has 16 heavy (non-hydrogen) atoms. The van der Waals surface area contributed by atoms with Gasteiger partial charge in [-0.3, -0.25) is 4.90 Å². The first-order valence-electron chi connectivity index (χ1n) is 5.04. The molecule has 92 valence electrons. The van der Waals surface area contributed by atoms with Crippen molar-refractivity contribution < 1.29 is 0 Å². The molecule has 1 aromatic heterocycles. The average Bonchev–Trinajstić information content (AvgIpc) is 2.53. The fourth-order valence-electron chi connectivity index (χ4n) is 1.80. The van der Waals surface area contributed by atoms with Crippen molar-refractivity contribution in [3.63, 3.8) is 0 Å². The Balaban J connectivity index is 0.00000128. The lowest BCUT2D eigenvalue weighted by Gasteiger charge is -2.33. The second-order valence-corrected chi connectivity index (χ2v) is 5.73. The Labute approximate surface area is 116 Å². The molecule has 2 rings (SSSR count). The van der Waals surface area contributed by atoms with Crippen LogP contribution in [0.4, 0.5) is 0 Å². The Kier molecular flexibility index (Phi) is 5.85. The summed E-state index contributed by atoms with van der Waals surface area (Å²) in [5.74, 6) is 0. The lowest BCUT2D eigenvalue weighted by atomic mass is 10.2. The van der Waals surface area contributed by atoms with Gasteiger partial charge in [-0.15, -0.1) is 23.7 Å². The summed E-state index contributed by atoms with van der Waals surface area (Å²) in [7, 11) is 0. The maximum Gasteiger partial charge on any atom is 0.112 e. The minimum Gasteiger partial charge on any atom is -0.314 e. The third kappa shape index (κ3) is 3.25. The van der Waals surface area contributed by atoms with Crippen molar-refractivity contribution in [1.29, 1.82) is 0 Å². The fourth-order valence-corrected chi connectivity index (χ4v) is 3.04. The van der Waals surface area contributed by atoms with Crippen molar-refractivity contribution in [1.82, 2.24) is 10.2 Å². The first kappa shape index (κ1) is 14.6. The summed E-state index contributed by atoms with van der Waals surface area (Å²) in [4.78, 5) is 2.43. The van der Waals surface area contributed by atoms with Crippen LogP contribution in [0.5, 0.6) is 0 Å². The third-order valence-corrected chi connectivity index (χ3v) is 4.68. The number of rotatable bonds is 2. The van der Waals surface area contributed by atoms with Crippen LogP contribution in [-0.2, 0) is 6.54 Å². The molecule has 0 amide bonds. The van der Waals surface area contributed by atoms with E-state index in [4.69, 9.17) is 23.2 Å². The van der Waals surface area contributed by atoms with Crippen LogP contribution in [0, 0.1) is 0 Å². The van der Waals surface area contributed by atoms with Crippen molar-refractivity contribution in [2.24, 2.45) is 0 Å². The summed E-state index contributed by atoms with van der Waals surface area (Å²) < 4.78 is 0.703. The number of piperazine rings is 1. The van der Waals surface area contributed by atoms with Crippen molar-refractivity contribution in [3.05, 3.63) is 20.3 Å². The maximum absolute atomic E-state index is 6.11. The van der Waals surface area contributed by atoms with Crippen LogP contribution in [0.15, 0.2) is 5.38 Å². The van der Waals surface area contributed by atoms with E-state index < -0.39 is 0 Å². The zero-order valence-electron chi connectivity index (χ0n) is 9.00. The molecule has 0 bridgehead atoms. The van der Waals surface area contributed by atoms with Crippen LogP contribution in [0.25, 0.3) is 0 Å². The van der Waals surface area contributed by atoms with Crippen molar-refractivity contribution >= 4 is 46.9 Å². The molecule has 0 spiro atoms. The normalized spacial score (nSPS) is 21.8. The highest BCUT2D eigenvalue weighted by molar-refractivity contribution is 7.15. The largest absolute Gasteiger partial charge is 0.314 e. The molecule has 1 fully saturated rings. The third-order valence-electron chi connectivity index (χ3n) is 2.77. The van der Waals surface area contributed by atoms with Crippen molar-refractivity contribution in [2.45, 2.75) is 19.5 Å². The Morgan fingerprint density at radius 2 is 2.31 bits per heavy atom. The van der Waals surface area contributed by atoms with Gasteiger partial charge in [-0.1, -0.05) is 23.2 Å². The molecule has 0 aromatic carbocycles. The van der Waals surface area contributed by atoms with E-state index in [1.807, 2.05) is 0 Å². The maximum atomic E-state index is 6.11. The molecule has 1 aliphatic heterocycles. The van der Waals surface area contributed by atoms with Crippen LogP contribution < -0.4 is 5.32 Å². The van der Waals surface area contributed by atoms with Gasteiger partial charge < -0.3 is 5.32 Å². The van der Waals surface area contributed by atoms with Gasteiger partial charge in [0.15, 0.2) is 0 Å². The van der Waals surface area contributed by atoms with E-state index in [1.54, 1.807) is 0 Å². The molecule has 1 aliphatic rings. The molecule has 2 heterocycles. The first-order chi connectivity index (χ1) is 7.18. The molecule has 0 aliphatic carbocycles. The molecular formula is C10H15Cl3N2S. The van der Waals surface area contributed by atoms with Gasteiger partial charge in [0.2, 0.25) is 0 Å². The highest BCUT2D eigenvalue weighted by Gasteiger charge is 2.19. The Morgan fingerprint density at radius 1 is 1.56 bits per heavy atom. The average molecular weight is 302 g/mol. The molecule has 6 heteroatoms. The molecule has 1 aromatic rings. The van der Waals surface area contributed by atoms with Crippen LogP contribution in [0.1, 0.15) is 12.5 Å². The highest BCUT2D eigenvalue weighted by Crippen LogP contribution is 2.33. The van der Waals surface area contributed by atoms with E-state index in [1.165, 1.54) is 11.3 Å². The Morgan fingerprint density at radius 3 is 2.88 bits per heavy atom. The molecule has 0 unspecified atom stereocenters. The van der Waals surface area contributed by atoms with Gasteiger partial charge in [0.1, 0.15) is 4.34 Å². The van der Waals surface area contributed by atoms with E-state index in [-0.39, 0.29) is 12.4 Å². The number of thiophene rings is 1. The summed E-state index contributed by atoms with van der Waals surface area (Å²) in [6.07, 6.45) is 0. The molecule has 2 nitrogen and oxygen atoms in total. The molecule has 1 saturated heterocycles. The standard InChI is InChI=1S/C10H14Cl2N2S.ClH/c1-7-4-13-2-3-14(7)5-8-6-15-10(12)9(8)11;/h6-7,13H,2-5H2,1H3;1H/t7-;/m1./s1. The summed E-state index contributed by atoms with van der Waals surface area (Å²) in [5, 5.41) is 6.16. The monoisotopic (exact) mass is 300 g/mol. The quantitative estimate of drug-likeness (QED) is 0.902. The number of hydrogen-bond acceptors (Lipinski definition) is 3. The van der Waals surface area contributed by atoms with Gasteiger partial charge >= 0.3 is 0 Å². The lowest BCUT2D eigenvalue weighted by molar-refractivity contribution is 0.166. The van der Waals surface area contributed by atoms with Gasteiger partial charge in [0.05, 0.1) is 5.02 Å². The van der Waals surface area contributed by atoms with Crippen LogP contribution >= 0.6 is 46.9 Å². The van der Waals surface area contributed by atoms with E-state index in [2.05, 4.69) is 22.5 Å². The number of halogens is 3. The first-order valence-corrected chi connectivity index (χ1v) is 6.68. The second-order valence-electron chi connectivity index (χ2n) is 3.87. The topological polar surface area (TPSA) is 15.3 Å². The zero-order chi connectivity index (χ0) is 10.8. The lowest BCUT2D eigenvalue weighted by Crippen LogP contribution is -2.49. The summed E-state index contributed by atoms with van der Waals surface area (Å²) in [6.45, 7) is 6.32. The van der Waals surface area contributed by atoms with Gasteiger partial charge in [-0.25, -0.2) is 0 Å². The van der Waals surface area contributed by atoms with Crippen LogP contribution in [0.2, 0.25) is 9.36 Å². The summed E-state index contributed by atoms with van der Waals surface area (Å²) >= 11 is 13.6. The number of hydrogen-bond donors (Lipinski definition) is 1. The Hall–Kier alpha value is 0.490. The van der Waals surface area contributed by atoms with Gasteiger partial charge in [0, 0.05) is 32.2 Å². The number of nitrogens with zero attached hydrogens (tertiary/aromatic N) is 1. The minimum absolute atomic E-state index is 0. The van der Waals surface area contributed by atoms with Gasteiger partial charge in [0.25, 0.3) is 0 Å². The van der Waals surface area contributed by atoms with E-state index >= 15 is 0 Å². The molecule has 0 saturated carbocycles. The molecular weight excluding hydrogens is 287 g/mol. The predicted molar refractivity (Wildman–Crippen MR) is 74.3 cm³/mol. The SMILES string of the molecule is C[C@@H]1CNCCN1Cc1csc(Cl)c1Cl.Cl. The van der Waals surface area contributed by atoms with E-state index in [9.17, 15) is 0 Å². The van der Waals surface area contributed by atoms with E-state index in [0.29, 0.717) is 10.4 Å². The molecule has 0 radical (unpaired) electrons. The zero-order valence-corrected chi connectivity index (χ0v) is 12.1. The summed E-state index contributed by atoms with van der Waals surface area (Å²) in [5.41, 5.74) is 1.15. The van der Waals surface area contributed by atoms with Crippen molar-refractivity contribution in [3.8, 4) is 0 Å². The minimum atomic E-state index is 0. The fraction of sp³-hybridized carbons (Fsp3) is 0.600. The van der Waals surface area contributed by atoms with Crippen LogP contribution in [-0.4, -0.2) is 30.6 Å².